The second-order valence-corrected chi connectivity index (χ2v) is 12.2. The van der Waals surface area contributed by atoms with E-state index in [4.69, 9.17) is 4.74 Å². The summed E-state index contributed by atoms with van der Waals surface area (Å²) in [7, 11) is 0. The van der Waals surface area contributed by atoms with Gasteiger partial charge < -0.3 is 9.47 Å². The number of esters is 1. The number of halogens is 13. The Morgan fingerprint density at radius 3 is 1.44 bits per heavy atom. The van der Waals surface area contributed by atoms with Crippen LogP contribution in [0, 0.1) is 16.2 Å². The number of carbonyl (C=O) groups is 1. The zero-order valence-corrected chi connectivity index (χ0v) is 25.7. The van der Waals surface area contributed by atoms with Crippen molar-refractivity contribution < 1.29 is 71.3 Å². The maximum Gasteiger partial charge on any atom is 0.460 e. The van der Waals surface area contributed by atoms with Crippen LogP contribution in [-0.2, 0) is 16.0 Å². The van der Waals surface area contributed by atoms with Crippen LogP contribution in [0.1, 0.15) is 79.7 Å². The Labute approximate surface area is 252 Å². The van der Waals surface area contributed by atoms with Crippen molar-refractivity contribution in [3.8, 4) is 5.75 Å². The first-order valence-electron chi connectivity index (χ1n) is 13.9. The molecule has 0 aliphatic rings. The monoisotopic (exact) mass is 680 g/mol. The van der Waals surface area contributed by atoms with Gasteiger partial charge in [-0.25, -0.2) is 0 Å². The molecule has 262 valence electrons. The highest BCUT2D eigenvalue weighted by Gasteiger charge is 2.94. The number of hydrogen-bond acceptors (Lipinski definition) is 3. The molecular formula is C29H37F13O3. The van der Waals surface area contributed by atoms with Crippen molar-refractivity contribution in [2.24, 2.45) is 16.2 Å². The van der Waals surface area contributed by atoms with Gasteiger partial charge in [-0.2, -0.15) is 57.1 Å². The van der Waals surface area contributed by atoms with Gasteiger partial charge in [0.05, 0.1) is 12.0 Å². The molecule has 0 bridgehead atoms. The van der Waals surface area contributed by atoms with Crippen LogP contribution < -0.4 is 4.74 Å². The van der Waals surface area contributed by atoms with E-state index in [1.165, 1.54) is 0 Å². The van der Waals surface area contributed by atoms with E-state index >= 15 is 0 Å². The fourth-order valence-electron chi connectivity index (χ4n) is 4.75. The molecule has 0 aliphatic carbocycles. The van der Waals surface area contributed by atoms with Gasteiger partial charge in [-0.05, 0) is 48.3 Å². The van der Waals surface area contributed by atoms with Crippen LogP contribution in [-0.4, -0.2) is 48.6 Å². The third-order valence-electron chi connectivity index (χ3n) is 9.12. The Hall–Kier alpha value is -2.42. The Morgan fingerprint density at radius 1 is 0.644 bits per heavy atom. The summed E-state index contributed by atoms with van der Waals surface area (Å²) in [5, 5.41) is 0. The van der Waals surface area contributed by atoms with E-state index in [-0.39, 0.29) is 36.1 Å². The summed E-state index contributed by atoms with van der Waals surface area (Å²) in [5.41, 5.74) is -8.94. The van der Waals surface area contributed by atoms with Gasteiger partial charge in [-0.3, -0.25) is 4.79 Å². The van der Waals surface area contributed by atoms with Gasteiger partial charge in [0.15, 0.2) is 0 Å². The molecule has 0 radical (unpaired) electrons. The summed E-state index contributed by atoms with van der Waals surface area (Å²) in [6, 6.07) is 2.01. The number of hydrogen-bond donors (Lipinski definition) is 0. The van der Waals surface area contributed by atoms with E-state index in [0.717, 1.165) is 25.0 Å². The lowest BCUT2D eigenvalue weighted by Gasteiger charge is -2.46. The smallest absolute Gasteiger partial charge is 0.460 e. The van der Waals surface area contributed by atoms with Gasteiger partial charge in [-0.1, -0.05) is 66.5 Å². The molecule has 0 N–H and O–H groups in total. The van der Waals surface area contributed by atoms with Crippen molar-refractivity contribution in [2.75, 3.05) is 6.61 Å². The average molecular weight is 681 g/mol. The van der Waals surface area contributed by atoms with E-state index < -0.39 is 58.5 Å². The summed E-state index contributed by atoms with van der Waals surface area (Å²) < 4.78 is 184. The SMILES string of the molecule is CCC(C)(CC)CC(C)(C(=O)OCCc1ccc(OC(C(F)(F)F)(C(F)(F)F)C(F)(F)C(F)(F)C(F)(F)F)cc1)C(C)(C)CC. The molecule has 0 fully saturated rings. The largest absolute Gasteiger partial charge is 0.465 e. The number of alkyl halides is 13. The lowest BCUT2D eigenvalue weighted by Crippen LogP contribution is -2.77. The van der Waals surface area contributed by atoms with Crippen molar-refractivity contribution in [3.63, 3.8) is 0 Å². The van der Waals surface area contributed by atoms with Crippen LogP contribution in [0.3, 0.4) is 0 Å². The van der Waals surface area contributed by atoms with Crippen LogP contribution in [0.15, 0.2) is 24.3 Å². The minimum atomic E-state index is -7.91. The molecule has 1 aromatic carbocycles. The van der Waals surface area contributed by atoms with Crippen molar-refractivity contribution in [1.82, 2.24) is 0 Å². The molecule has 1 aromatic rings. The van der Waals surface area contributed by atoms with Gasteiger partial charge in [0, 0.05) is 6.42 Å². The molecule has 3 nitrogen and oxygen atoms in total. The van der Waals surface area contributed by atoms with E-state index in [2.05, 4.69) is 4.74 Å². The number of rotatable bonds is 14. The summed E-state index contributed by atoms with van der Waals surface area (Å²) in [6.45, 7) is 13.1. The third kappa shape index (κ3) is 7.44. The second-order valence-electron chi connectivity index (χ2n) is 12.2. The Kier molecular flexibility index (Phi) is 11.7. The standard InChI is InChI=1S/C29H37F13O3/c1-8-21(4,5)23(7,17-22(6,9-2)10-3)20(43)44-16-15-18-11-13-19(14-12-18)45-24(27(34,35)36,28(37,38)39)25(30,31)26(32,33)29(40,41)42/h11-14H,8-10,15-17H2,1-7H3. The average Bonchev–Trinajstić information content (AvgIpc) is 2.89. The molecule has 16 heteroatoms. The zero-order chi connectivity index (χ0) is 35.7. The maximum absolute atomic E-state index is 14.3. The van der Waals surface area contributed by atoms with Crippen LogP contribution >= 0.6 is 0 Å². The van der Waals surface area contributed by atoms with E-state index in [0.29, 0.717) is 12.8 Å². The minimum absolute atomic E-state index is 0.0653. The molecule has 0 aliphatic heterocycles. The molecule has 1 rings (SSSR count). The van der Waals surface area contributed by atoms with E-state index in [9.17, 15) is 61.9 Å². The van der Waals surface area contributed by atoms with Gasteiger partial charge in [0.25, 0.3) is 0 Å². The molecule has 0 spiro atoms. The summed E-state index contributed by atoms with van der Waals surface area (Å²) in [5.74, 6) is -18.0. The molecule has 0 aromatic heterocycles. The number of ether oxygens (including phenoxy) is 2. The highest BCUT2D eigenvalue weighted by atomic mass is 19.4. The van der Waals surface area contributed by atoms with Crippen LogP contribution in [0.5, 0.6) is 5.75 Å². The first kappa shape index (κ1) is 40.6. The predicted octanol–water partition coefficient (Wildman–Crippen LogP) is 10.5. The first-order chi connectivity index (χ1) is 20.0. The maximum atomic E-state index is 14.3. The Bertz CT molecular complexity index is 1120. The minimum Gasteiger partial charge on any atom is -0.465 e. The molecule has 0 heterocycles. The molecular weight excluding hydrogens is 643 g/mol. The van der Waals surface area contributed by atoms with Crippen LogP contribution in [0.2, 0.25) is 0 Å². The fourth-order valence-corrected chi connectivity index (χ4v) is 4.75. The molecule has 45 heavy (non-hydrogen) atoms. The molecule has 1 unspecified atom stereocenters. The lowest BCUT2D eigenvalue weighted by atomic mass is 9.58. The highest BCUT2D eigenvalue weighted by Crippen LogP contribution is 2.61. The fraction of sp³-hybridized carbons (Fsp3) is 0.759. The first-order valence-corrected chi connectivity index (χ1v) is 13.9. The van der Waals surface area contributed by atoms with Gasteiger partial charge >= 0.3 is 41.9 Å². The third-order valence-corrected chi connectivity index (χ3v) is 9.12. The molecule has 1 atom stereocenters. The molecule has 0 saturated heterocycles. The van der Waals surface area contributed by atoms with Crippen LogP contribution in [0.4, 0.5) is 57.1 Å². The Balaban J connectivity index is 3.35. The van der Waals surface area contributed by atoms with Crippen molar-refractivity contribution in [3.05, 3.63) is 29.8 Å². The van der Waals surface area contributed by atoms with Gasteiger partial charge in [0.1, 0.15) is 5.75 Å². The van der Waals surface area contributed by atoms with Crippen LogP contribution in [0.25, 0.3) is 0 Å². The van der Waals surface area contributed by atoms with Gasteiger partial charge in [-0.15, -0.1) is 0 Å². The van der Waals surface area contributed by atoms with E-state index in [1.54, 1.807) is 6.92 Å². The quantitative estimate of drug-likeness (QED) is 0.145. The Morgan fingerprint density at radius 2 is 1.09 bits per heavy atom. The predicted molar refractivity (Wildman–Crippen MR) is 138 cm³/mol. The molecule has 0 saturated carbocycles. The topological polar surface area (TPSA) is 35.5 Å². The summed E-state index contributed by atoms with van der Waals surface area (Å²) in [4.78, 5) is 13.3. The van der Waals surface area contributed by atoms with Crippen molar-refractivity contribution in [1.29, 1.82) is 0 Å². The normalized spacial score (nSPS) is 15.9. The molecule has 0 amide bonds. The number of carbonyl (C=O) groups excluding carboxylic acids is 1. The highest BCUT2D eigenvalue weighted by molar-refractivity contribution is 5.77. The zero-order valence-electron chi connectivity index (χ0n) is 25.7. The van der Waals surface area contributed by atoms with Gasteiger partial charge in [0.2, 0.25) is 0 Å². The van der Waals surface area contributed by atoms with Crippen molar-refractivity contribution in [2.45, 2.75) is 117 Å². The summed E-state index contributed by atoms with van der Waals surface area (Å²) in [6.07, 6.45) is -20.1. The van der Waals surface area contributed by atoms with Crippen molar-refractivity contribution >= 4 is 5.97 Å². The lowest BCUT2D eigenvalue weighted by molar-refractivity contribution is -0.466. The van der Waals surface area contributed by atoms with E-state index in [1.807, 2.05) is 41.5 Å². The summed E-state index contributed by atoms with van der Waals surface area (Å²) >= 11 is 0. The second kappa shape index (κ2) is 13.0. The number of benzene rings is 1.